The van der Waals surface area contributed by atoms with Crippen LogP contribution in [0, 0.1) is 18.7 Å². The van der Waals surface area contributed by atoms with Gasteiger partial charge in [0.15, 0.2) is 0 Å². The number of nitrogens with two attached hydrogens (primary N) is 1. The van der Waals surface area contributed by atoms with Crippen molar-refractivity contribution in [2.24, 2.45) is 5.92 Å². The molecule has 0 radical (unpaired) electrons. The maximum absolute atomic E-state index is 13.2. The average molecular weight is 274 g/mol. The first kappa shape index (κ1) is 14.9. The monoisotopic (exact) mass is 274 g/mol. The van der Waals surface area contributed by atoms with E-state index in [2.05, 4.69) is 4.72 Å². The van der Waals surface area contributed by atoms with Gasteiger partial charge in [0.25, 0.3) is 0 Å². The second kappa shape index (κ2) is 5.67. The van der Waals surface area contributed by atoms with Gasteiger partial charge >= 0.3 is 0 Å². The molecule has 0 saturated heterocycles. The lowest BCUT2D eigenvalue weighted by molar-refractivity contribution is 0.528. The van der Waals surface area contributed by atoms with Gasteiger partial charge in [-0.25, -0.2) is 17.5 Å². The average Bonchev–Trinajstić information content (AvgIpc) is 2.30. The minimum atomic E-state index is -3.63. The summed E-state index contributed by atoms with van der Waals surface area (Å²) in [6.07, 6.45) is 0.882. The van der Waals surface area contributed by atoms with E-state index in [9.17, 15) is 12.8 Å². The lowest BCUT2D eigenvalue weighted by Crippen LogP contribution is -2.29. The number of nitrogen functional groups attached to an aromatic ring is 1. The Kier molecular flexibility index (Phi) is 4.70. The van der Waals surface area contributed by atoms with Gasteiger partial charge in [-0.05, 0) is 30.5 Å². The normalized spacial score (nSPS) is 13.6. The van der Waals surface area contributed by atoms with E-state index in [1.807, 2.05) is 13.8 Å². The van der Waals surface area contributed by atoms with Crippen molar-refractivity contribution in [2.45, 2.75) is 32.1 Å². The van der Waals surface area contributed by atoms with Crippen molar-refractivity contribution in [3.8, 4) is 0 Å². The van der Waals surface area contributed by atoms with Crippen molar-refractivity contribution in [2.75, 3.05) is 12.3 Å². The second-order valence-corrected chi connectivity index (χ2v) is 6.24. The van der Waals surface area contributed by atoms with Crippen molar-refractivity contribution >= 4 is 15.7 Å². The summed E-state index contributed by atoms with van der Waals surface area (Å²) in [6.45, 7) is 5.84. The van der Waals surface area contributed by atoms with Gasteiger partial charge in [0.05, 0.1) is 10.6 Å². The van der Waals surface area contributed by atoms with E-state index in [-0.39, 0.29) is 16.5 Å². The third-order valence-electron chi connectivity index (χ3n) is 2.90. The molecule has 18 heavy (non-hydrogen) atoms. The number of anilines is 1. The molecular weight excluding hydrogens is 255 g/mol. The van der Waals surface area contributed by atoms with Crippen LogP contribution in [-0.2, 0) is 10.0 Å². The molecule has 1 rings (SSSR count). The SMILES string of the molecule is CCC(C)CNS(=O)(=O)c1cc(N)c(F)cc1C. The minimum Gasteiger partial charge on any atom is -0.396 e. The fourth-order valence-corrected chi connectivity index (χ4v) is 2.86. The summed E-state index contributed by atoms with van der Waals surface area (Å²) in [5.74, 6) is -0.355. The van der Waals surface area contributed by atoms with Gasteiger partial charge in [-0.15, -0.1) is 0 Å². The molecule has 0 heterocycles. The molecule has 0 spiro atoms. The fraction of sp³-hybridized carbons (Fsp3) is 0.500. The smallest absolute Gasteiger partial charge is 0.240 e. The lowest BCUT2D eigenvalue weighted by atomic mass is 10.1. The number of hydrogen-bond donors (Lipinski definition) is 2. The Labute approximate surface area is 107 Å². The molecule has 0 aliphatic rings. The summed E-state index contributed by atoms with van der Waals surface area (Å²) < 4.78 is 39.8. The van der Waals surface area contributed by atoms with Crippen LogP contribution >= 0.6 is 0 Å². The predicted octanol–water partition coefficient (Wildman–Crippen LogP) is 2.04. The molecule has 0 aliphatic carbocycles. The van der Waals surface area contributed by atoms with Gasteiger partial charge in [-0.1, -0.05) is 20.3 Å². The van der Waals surface area contributed by atoms with Crippen molar-refractivity contribution < 1.29 is 12.8 Å². The highest BCUT2D eigenvalue weighted by Crippen LogP contribution is 2.21. The quantitative estimate of drug-likeness (QED) is 0.807. The van der Waals surface area contributed by atoms with E-state index in [1.165, 1.54) is 0 Å². The highest BCUT2D eigenvalue weighted by molar-refractivity contribution is 7.89. The van der Waals surface area contributed by atoms with Crippen molar-refractivity contribution in [3.63, 3.8) is 0 Å². The number of rotatable bonds is 5. The van der Waals surface area contributed by atoms with Crippen LogP contribution in [0.15, 0.2) is 17.0 Å². The maximum atomic E-state index is 13.2. The topological polar surface area (TPSA) is 72.2 Å². The summed E-state index contributed by atoms with van der Waals surface area (Å²) in [5, 5.41) is 0. The number of nitrogens with one attached hydrogen (secondary N) is 1. The number of benzene rings is 1. The molecule has 102 valence electrons. The Hall–Kier alpha value is -1.14. The van der Waals surface area contributed by atoms with E-state index < -0.39 is 15.8 Å². The fourth-order valence-electron chi connectivity index (χ4n) is 1.43. The maximum Gasteiger partial charge on any atom is 0.240 e. The van der Waals surface area contributed by atoms with Gasteiger partial charge in [0.2, 0.25) is 10.0 Å². The Morgan fingerprint density at radius 2 is 2.06 bits per heavy atom. The summed E-state index contributed by atoms with van der Waals surface area (Å²) in [7, 11) is -3.63. The van der Waals surface area contributed by atoms with Gasteiger partial charge in [0, 0.05) is 6.54 Å². The molecule has 0 aromatic heterocycles. The summed E-state index contributed by atoms with van der Waals surface area (Å²) in [5.41, 5.74) is 5.58. The van der Waals surface area contributed by atoms with Crippen LogP contribution in [0.3, 0.4) is 0 Å². The molecule has 3 N–H and O–H groups in total. The molecule has 1 aromatic carbocycles. The van der Waals surface area contributed by atoms with Crippen LogP contribution in [0.5, 0.6) is 0 Å². The zero-order valence-corrected chi connectivity index (χ0v) is 11.6. The van der Waals surface area contributed by atoms with E-state index in [1.54, 1.807) is 6.92 Å². The van der Waals surface area contributed by atoms with Crippen LogP contribution in [0.2, 0.25) is 0 Å². The van der Waals surface area contributed by atoms with Gasteiger partial charge < -0.3 is 5.73 Å². The van der Waals surface area contributed by atoms with Crippen molar-refractivity contribution in [1.29, 1.82) is 0 Å². The van der Waals surface area contributed by atoms with Crippen LogP contribution in [-0.4, -0.2) is 15.0 Å². The zero-order valence-electron chi connectivity index (χ0n) is 10.8. The molecule has 1 unspecified atom stereocenters. The largest absolute Gasteiger partial charge is 0.396 e. The number of hydrogen-bond acceptors (Lipinski definition) is 3. The Morgan fingerprint density at radius 3 is 2.61 bits per heavy atom. The van der Waals surface area contributed by atoms with Gasteiger partial charge in [0.1, 0.15) is 5.82 Å². The standard InChI is InChI=1S/C12H19FN2O2S/c1-4-8(2)7-15-18(16,17)12-6-11(14)10(13)5-9(12)3/h5-6,8,15H,4,7,14H2,1-3H3. The molecule has 0 bridgehead atoms. The molecule has 6 heteroatoms. The number of sulfonamides is 1. The molecular formula is C12H19FN2O2S. The zero-order chi connectivity index (χ0) is 13.9. The van der Waals surface area contributed by atoms with Crippen LogP contribution < -0.4 is 10.5 Å². The predicted molar refractivity (Wildman–Crippen MR) is 70.2 cm³/mol. The molecule has 4 nitrogen and oxygen atoms in total. The molecule has 0 saturated carbocycles. The Morgan fingerprint density at radius 1 is 1.44 bits per heavy atom. The highest BCUT2D eigenvalue weighted by Gasteiger charge is 2.19. The van der Waals surface area contributed by atoms with Crippen LogP contribution in [0.4, 0.5) is 10.1 Å². The molecule has 1 atom stereocenters. The summed E-state index contributed by atoms with van der Waals surface area (Å²) in [4.78, 5) is 0.0321. The summed E-state index contributed by atoms with van der Waals surface area (Å²) >= 11 is 0. The summed E-state index contributed by atoms with van der Waals surface area (Å²) in [6, 6.07) is 2.29. The Balaban J connectivity index is 3.02. The third kappa shape index (κ3) is 3.43. The molecule has 0 fully saturated rings. The number of aryl methyl sites for hydroxylation is 1. The minimum absolute atomic E-state index is 0.0321. The molecule has 0 amide bonds. The Bertz CT molecular complexity index is 529. The highest BCUT2D eigenvalue weighted by atomic mass is 32.2. The number of halogens is 1. The molecule has 1 aromatic rings. The first-order valence-corrected chi connectivity index (χ1v) is 7.31. The first-order valence-electron chi connectivity index (χ1n) is 5.83. The first-order chi connectivity index (χ1) is 8.27. The third-order valence-corrected chi connectivity index (χ3v) is 4.47. The van der Waals surface area contributed by atoms with Crippen LogP contribution in [0.1, 0.15) is 25.8 Å². The van der Waals surface area contributed by atoms with Crippen molar-refractivity contribution in [1.82, 2.24) is 4.72 Å². The van der Waals surface area contributed by atoms with E-state index in [0.717, 1.165) is 18.6 Å². The van der Waals surface area contributed by atoms with Gasteiger partial charge in [-0.3, -0.25) is 0 Å². The van der Waals surface area contributed by atoms with Crippen LogP contribution in [0.25, 0.3) is 0 Å². The molecule has 0 aliphatic heterocycles. The van der Waals surface area contributed by atoms with E-state index >= 15 is 0 Å². The lowest BCUT2D eigenvalue weighted by Gasteiger charge is -2.13. The van der Waals surface area contributed by atoms with E-state index in [0.29, 0.717) is 12.1 Å². The second-order valence-electron chi connectivity index (χ2n) is 4.50. The van der Waals surface area contributed by atoms with E-state index in [4.69, 9.17) is 5.73 Å². The van der Waals surface area contributed by atoms with Gasteiger partial charge in [-0.2, -0.15) is 0 Å². The van der Waals surface area contributed by atoms with Crippen molar-refractivity contribution in [3.05, 3.63) is 23.5 Å².